The standard InChI is InChI=1S/C14H24N2O5S/c1-3-10(2)13(14(19)20)15-11(17)8-22-9-12(18)16-4-6-21-7-5-16/h10,13H,3-9H2,1-2H3,(H,15,17)(H,19,20)/t10-,13-/m0/s1. The second-order valence-electron chi connectivity index (χ2n) is 5.25. The number of hydrogen-bond donors (Lipinski definition) is 2. The van der Waals surface area contributed by atoms with Gasteiger partial charge in [0, 0.05) is 13.1 Å². The van der Waals surface area contributed by atoms with Crippen LogP contribution in [-0.4, -0.2) is 71.6 Å². The van der Waals surface area contributed by atoms with Gasteiger partial charge in [-0.05, 0) is 5.92 Å². The normalized spacial score (nSPS) is 17.6. The lowest BCUT2D eigenvalue weighted by Crippen LogP contribution is -2.46. The van der Waals surface area contributed by atoms with Crippen molar-refractivity contribution in [1.29, 1.82) is 0 Å². The van der Waals surface area contributed by atoms with Crippen molar-refractivity contribution >= 4 is 29.5 Å². The summed E-state index contributed by atoms with van der Waals surface area (Å²) in [5.41, 5.74) is 0. The second-order valence-corrected chi connectivity index (χ2v) is 6.24. The van der Waals surface area contributed by atoms with E-state index in [4.69, 9.17) is 9.84 Å². The van der Waals surface area contributed by atoms with E-state index in [9.17, 15) is 14.4 Å². The smallest absolute Gasteiger partial charge is 0.326 e. The van der Waals surface area contributed by atoms with Gasteiger partial charge in [-0.3, -0.25) is 9.59 Å². The van der Waals surface area contributed by atoms with Gasteiger partial charge in [-0.1, -0.05) is 20.3 Å². The van der Waals surface area contributed by atoms with Crippen molar-refractivity contribution in [1.82, 2.24) is 10.2 Å². The third-order valence-electron chi connectivity index (χ3n) is 3.62. The van der Waals surface area contributed by atoms with Crippen LogP contribution in [0.2, 0.25) is 0 Å². The molecule has 2 atom stereocenters. The molecule has 1 saturated heterocycles. The summed E-state index contributed by atoms with van der Waals surface area (Å²) in [6.45, 7) is 5.93. The topological polar surface area (TPSA) is 95.9 Å². The number of ether oxygens (including phenoxy) is 1. The Labute approximate surface area is 134 Å². The number of morpholine rings is 1. The van der Waals surface area contributed by atoms with Crippen LogP contribution in [0.25, 0.3) is 0 Å². The molecule has 2 amide bonds. The van der Waals surface area contributed by atoms with Gasteiger partial charge in [-0.25, -0.2) is 4.79 Å². The predicted molar refractivity (Wildman–Crippen MR) is 83.7 cm³/mol. The molecule has 8 heteroatoms. The Hall–Kier alpha value is -1.28. The lowest BCUT2D eigenvalue weighted by molar-refractivity contribution is -0.143. The van der Waals surface area contributed by atoms with Crippen LogP contribution < -0.4 is 5.32 Å². The van der Waals surface area contributed by atoms with Crippen LogP contribution in [0.3, 0.4) is 0 Å². The van der Waals surface area contributed by atoms with Crippen LogP contribution in [0.5, 0.6) is 0 Å². The number of nitrogens with one attached hydrogen (secondary N) is 1. The maximum Gasteiger partial charge on any atom is 0.326 e. The number of nitrogens with zero attached hydrogens (tertiary/aromatic N) is 1. The Morgan fingerprint density at radius 2 is 1.91 bits per heavy atom. The Bertz CT molecular complexity index is 399. The lowest BCUT2D eigenvalue weighted by Gasteiger charge is -2.26. The minimum Gasteiger partial charge on any atom is -0.480 e. The van der Waals surface area contributed by atoms with E-state index in [-0.39, 0.29) is 29.2 Å². The molecular formula is C14H24N2O5S. The first kappa shape index (κ1) is 18.8. The first-order chi connectivity index (χ1) is 10.5. The van der Waals surface area contributed by atoms with Crippen molar-refractivity contribution in [2.24, 2.45) is 5.92 Å². The minimum absolute atomic E-state index is 0.0159. The van der Waals surface area contributed by atoms with Crippen LogP contribution in [0.15, 0.2) is 0 Å². The molecule has 0 aromatic rings. The number of carbonyl (C=O) groups excluding carboxylic acids is 2. The van der Waals surface area contributed by atoms with E-state index in [1.54, 1.807) is 11.8 Å². The zero-order valence-electron chi connectivity index (χ0n) is 13.0. The molecule has 0 radical (unpaired) electrons. The molecule has 1 aliphatic heterocycles. The maximum absolute atomic E-state index is 11.9. The van der Waals surface area contributed by atoms with Gasteiger partial charge in [0.05, 0.1) is 24.7 Å². The zero-order chi connectivity index (χ0) is 16.5. The van der Waals surface area contributed by atoms with Gasteiger partial charge in [-0.2, -0.15) is 0 Å². The molecule has 0 unspecified atom stereocenters. The van der Waals surface area contributed by atoms with Gasteiger partial charge in [0.25, 0.3) is 0 Å². The van der Waals surface area contributed by atoms with Crippen molar-refractivity contribution < 1.29 is 24.2 Å². The van der Waals surface area contributed by atoms with Crippen LogP contribution in [0.1, 0.15) is 20.3 Å². The largest absolute Gasteiger partial charge is 0.480 e. The van der Waals surface area contributed by atoms with E-state index < -0.39 is 12.0 Å². The first-order valence-corrected chi connectivity index (χ1v) is 8.56. The fraction of sp³-hybridized carbons (Fsp3) is 0.786. The van der Waals surface area contributed by atoms with Gasteiger partial charge in [0.1, 0.15) is 6.04 Å². The van der Waals surface area contributed by atoms with Crippen LogP contribution in [0, 0.1) is 5.92 Å². The van der Waals surface area contributed by atoms with E-state index >= 15 is 0 Å². The van der Waals surface area contributed by atoms with Crippen molar-refractivity contribution in [3.05, 3.63) is 0 Å². The third kappa shape index (κ3) is 6.23. The highest BCUT2D eigenvalue weighted by Crippen LogP contribution is 2.09. The Morgan fingerprint density at radius 1 is 1.27 bits per heavy atom. The summed E-state index contributed by atoms with van der Waals surface area (Å²) in [6.07, 6.45) is 0.667. The number of rotatable bonds is 8. The van der Waals surface area contributed by atoms with Crippen LogP contribution >= 0.6 is 11.8 Å². The molecule has 2 N–H and O–H groups in total. The molecule has 0 aromatic carbocycles. The quantitative estimate of drug-likeness (QED) is 0.659. The van der Waals surface area contributed by atoms with E-state index in [2.05, 4.69) is 5.32 Å². The summed E-state index contributed by atoms with van der Waals surface area (Å²) in [5, 5.41) is 11.6. The van der Waals surface area contributed by atoms with Gasteiger partial charge >= 0.3 is 5.97 Å². The number of thioether (sulfide) groups is 1. The Balaban J connectivity index is 2.29. The molecule has 1 heterocycles. The summed E-state index contributed by atoms with van der Waals surface area (Å²) >= 11 is 1.20. The lowest BCUT2D eigenvalue weighted by atomic mass is 9.99. The maximum atomic E-state index is 11.9. The fourth-order valence-electron chi connectivity index (χ4n) is 2.03. The Morgan fingerprint density at radius 3 is 2.45 bits per heavy atom. The van der Waals surface area contributed by atoms with E-state index in [0.717, 1.165) is 0 Å². The number of aliphatic carboxylic acids is 1. The number of carboxylic acid groups (broad SMARTS) is 1. The molecule has 0 spiro atoms. The second kappa shape index (κ2) is 9.68. The molecule has 1 aliphatic rings. The predicted octanol–water partition coefficient (Wildman–Crippen LogP) is 0.194. The van der Waals surface area contributed by atoms with Gasteiger partial charge in [-0.15, -0.1) is 11.8 Å². The summed E-state index contributed by atoms with van der Waals surface area (Å²) < 4.78 is 5.17. The van der Waals surface area contributed by atoms with Gasteiger partial charge < -0.3 is 20.1 Å². The molecular weight excluding hydrogens is 308 g/mol. The van der Waals surface area contributed by atoms with Crippen LogP contribution in [-0.2, 0) is 19.1 Å². The number of carbonyl (C=O) groups is 3. The van der Waals surface area contributed by atoms with Crippen LogP contribution in [0.4, 0.5) is 0 Å². The summed E-state index contributed by atoms with van der Waals surface area (Å²) in [4.78, 5) is 36.5. The number of amides is 2. The summed E-state index contributed by atoms with van der Waals surface area (Å²) in [5.74, 6) is -1.24. The number of carboxylic acids is 1. The van der Waals surface area contributed by atoms with Gasteiger partial charge in [0.2, 0.25) is 11.8 Å². The van der Waals surface area contributed by atoms with Crippen molar-refractivity contribution in [2.75, 3.05) is 37.8 Å². The molecule has 1 rings (SSSR count). The molecule has 0 aromatic heterocycles. The molecule has 0 saturated carbocycles. The molecule has 0 aliphatic carbocycles. The third-order valence-corrected chi connectivity index (χ3v) is 4.54. The minimum atomic E-state index is -1.03. The highest BCUT2D eigenvalue weighted by Gasteiger charge is 2.25. The van der Waals surface area contributed by atoms with Gasteiger partial charge in [0.15, 0.2) is 0 Å². The summed E-state index contributed by atoms with van der Waals surface area (Å²) in [7, 11) is 0. The molecule has 126 valence electrons. The van der Waals surface area contributed by atoms with E-state index in [1.165, 1.54) is 11.8 Å². The van der Waals surface area contributed by atoms with Crippen molar-refractivity contribution in [3.63, 3.8) is 0 Å². The average Bonchev–Trinajstić information content (AvgIpc) is 2.52. The molecule has 22 heavy (non-hydrogen) atoms. The van der Waals surface area contributed by atoms with E-state index in [1.807, 2.05) is 6.92 Å². The zero-order valence-corrected chi connectivity index (χ0v) is 13.9. The first-order valence-electron chi connectivity index (χ1n) is 7.41. The molecule has 1 fully saturated rings. The SMILES string of the molecule is CC[C@H](C)[C@H](NC(=O)CSCC(=O)N1CCOCC1)C(=O)O. The monoisotopic (exact) mass is 332 g/mol. The number of hydrogen-bond acceptors (Lipinski definition) is 5. The highest BCUT2D eigenvalue weighted by atomic mass is 32.2. The fourth-order valence-corrected chi connectivity index (χ4v) is 2.76. The molecule has 0 bridgehead atoms. The average molecular weight is 332 g/mol. The Kier molecular flexibility index (Phi) is 8.26. The molecule has 7 nitrogen and oxygen atoms in total. The van der Waals surface area contributed by atoms with E-state index in [0.29, 0.717) is 32.7 Å². The highest BCUT2D eigenvalue weighted by molar-refractivity contribution is 8.00. The van der Waals surface area contributed by atoms with Crippen molar-refractivity contribution in [2.45, 2.75) is 26.3 Å². The summed E-state index contributed by atoms with van der Waals surface area (Å²) in [6, 6.07) is -0.881. The van der Waals surface area contributed by atoms with Crippen molar-refractivity contribution in [3.8, 4) is 0 Å².